The second-order valence-corrected chi connectivity index (χ2v) is 5.18. The molecule has 0 aromatic carbocycles. The fourth-order valence-corrected chi connectivity index (χ4v) is 2.41. The summed E-state index contributed by atoms with van der Waals surface area (Å²) in [5, 5.41) is 6.41. The van der Waals surface area contributed by atoms with E-state index in [1.165, 1.54) is 12.8 Å². The molecule has 0 aliphatic heterocycles. The number of carbonyl (C=O) groups excluding carboxylic acids is 1. The molecule has 1 aliphatic carbocycles. The van der Waals surface area contributed by atoms with Gasteiger partial charge < -0.3 is 14.6 Å². The summed E-state index contributed by atoms with van der Waals surface area (Å²) in [7, 11) is 0. The van der Waals surface area contributed by atoms with Crippen molar-refractivity contribution in [2.45, 2.75) is 38.7 Å². The lowest BCUT2D eigenvalue weighted by molar-refractivity contribution is 0.102. The standard InChI is InChI=1S/C15H17N3O3/c1-10-8-13(18-21-10)17-15(19)11-6-7-16-14(9-11)20-12-4-2-3-5-12/h6-9,12H,2-5H2,1H3,(H,17,18,19). The van der Waals surface area contributed by atoms with Crippen LogP contribution < -0.4 is 10.1 Å². The van der Waals surface area contributed by atoms with Gasteiger partial charge in [0.15, 0.2) is 5.82 Å². The topological polar surface area (TPSA) is 77.2 Å². The summed E-state index contributed by atoms with van der Waals surface area (Å²) in [5.74, 6) is 1.27. The first kappa shape index (κ1) is 13.6. The molecule has 2 aromatic heterocycles. The van der Waals surface area contributed by atoms with Gasteiger partial charge in [0.05, 0.1) is 0 Å². The van der Waals surface area contributed by atoms with E-state index in [0.717, 1.165) is 12.8 Å². The summed E-state index contributed by atoms with van der Waals surface area (Å²) in [6.07, 6.45) is 6.28. The van der Waals surface area contributed by atoms with Gasteiger partial charge in [-0.3, -0.25) is 4.79 Å². The molecule has 21 heavy (non-hydrogen) atoms. The summed E-state index contributed by atoms with van der Waals surface area (Å²) < 4.78 is 10.7. The minimum atomic E-state index is -0.262. The molecule has 110 valence electrons. The van der Waals surface area contributed by atoms with Gasteiger partial charge >= 0.3 is 0 Å². The van der Waals surface area contributed by atoms with Gasteiger partial charge in [0, 0.05) is 23.9 Å². The third-order valence-corrected chi connectivity index (χ3v) is 3.46. The monoisotopic (exact) mass is 287 g/mol. The molecule has 2 heterocycles. The van der Waals surface area contributed by atoms with Gasteiger partial charge in [0.2, 0.25) is 5.88 Å². The average Bonchev–Trinajstić information content (AvgIpc) is 3.11. The molecule has 0 spiro atoms. The number of nitrogens with one attached hydrogen (secondary N) is 1. The molecule has 0 radical (unpaired) electrons. The molecule has 0 saturated heterocycles. The largest absolute Gasteiger partial charge is 0.474 e. The van der Waals surface area contributed by atoms with Crippen LogP contribution in [0.2, 0.25) is 0 Å². The van der Waals surface area contributed by atoms with Crippen molar-refractivity contribution in [2.24, 2.45) is 0 Å². The lowest BCUT2D eigenvalue weighted by Gasteiger charge is -2.12. The first-order chi connectivity index (χ1) is 10.2. The van der Waals surface area contributed by atoms with Crippen LogP contribution in [0.15, 0.2) is 28.9 Å². The molecule has 1 N–H and O–H groups in total. The zero-order valence-corrected chi connectivity index (χ0v) is 11.8. The van der Waals surface area contributed by atoms with E-state index in [1.807, 2.05) is 0 Å². The SMILES string of the molecule is Cc1cc(NC(=O)c2ccnc(OC3CCCC3)c2)no1. The number of carbonyl (C=O) groups is 1. The molecular formula is C15H17N3O3. The van der Waals surface area contributed by atoms with Crippen LogP contribution in [0.1, 0.15) is 41.8 Å². The van der Waals surface area contributed by atoms with E-state index in [9.17, 15) is 4.79 Å². The van der Waals surface area contributed by atoms with E-state index < -0.39 is 0 Å². The van der Waals surface area contributed by atoms with Gasteiger partial charge in [-0.05, 0) is 38.7 Å². The Kier molecular flexibility index (Phi) is 3.85. The number of nitrogens with zero attached hydrogens (tertiary/aromatic N) is 2. The Hall–Kier alpha value is -2.37. The molecule has 2 aromatic rings. The fraction of sp³-hybridized carbons (Fsp3) is 0.400. The van der Waals surface area contributed by atoms with Crippen molar-refractivity contribution in [3.8, 4) is 5.88 Å². The smallest absolute Gasteiger partial charge is 0.257 e. The molecule has 3 rings (SSSR count). The van der Waals surface area contributed by atoms with Crippen LogP contribution in [0, 0.1) is 6.92 Å². The Labute approximate surface area is 122 Å². The van der Waals surface area contributed by atoms with Gasteiger partial charge in [-0.25, -0.2) is 4.98 Å². The quantitative estimate of drug-likeness (QED) is 0.935. The van der Waals surface area contributed by atoms with E-state index in [1.54, 1.807) is 31.3 Å². The summed E-state index contributed by atoms with van der Waals surface area (Å²) in [5.41, 5.74) is 0.485. The van der Waals surface area contributed by atoms with E-state index in [4.69, 9.17) is 9.26 Å². The van der Waals surface area contributed by atoms with Crippen LogP contribution in [0.5, 0.6) is 5.88 Å². The van der Waals surface area contributed by atoms with E-state index in [2.05, 4.69) is 15.5 Å². The van der Waals surface area contributed by atoms with Crippen molar-refractivity contribution in [1.29, 1.82) is 0 Å². The summed E-state index contributed by atoms with van der Waals surface area (Å²) in [6.45, 7) is 1.77. The number of rotatable bonds is 4. The lowest BCUT2D eigenvalue weighted by atomic mass is 10.2. The van der Waals surface area contributed by atoms with Crippen LogP contribution in [0.3, 0.4) is 0 Å². The van der Waals surface area contributed by atoms with Crippen molar-refractivity contribution in [1.82, 2.24) is 10.1 Å². The molecule has 1 aliphatic rings. The Morgan fingerprint density at radius 3 is 2.90 bits per heavy atom. The molecule has 1 fully saturated rings. The molecule has 1 amide bonds. The zero-order chi connectivity index (χ0) is 14.7. The highest BCUT2D eigenvalue weighted by Crippen LogP contribution is 2.23. The van der Waals surface area contributed by atoms with Crippen LogP contribution in [-0.4, -0.2) is 22.2 Å². The van der Waals surface area contributed by atoms with Gasteiger partial charge in [0.25, 0.3) is 5.91 Å². The van der Waals surface area contributed by atoms with Gasteiger partial charge in [-0.15, -0.1) is 0 Å². The third-order valence-electron chi connectivity index (χ3n) is 3.46. The maximum absolute atomic E-state index is 12.1. The first-order valence-corrected chi connectivity index (χ1v) is 7.08. The summed E-state index contributed by atoms with van der Waals surface area (Å²) in [4.78, 5) is 16.3. The number of amides is 1. The Morgan fingerprint density at radius 1 is 1.38 bits per heavy atom. The number of ether oxygens (including phenoxy) is 1. The second kappa shape index (κ2) is 5.95. The first-order valence-electron chi connectivity index (χ1n) is 7.08. The maximum atomic E-state index is 12.1. The fourth-order valence-electron chi connectivity index (χ4n) is 2.41. The number of hydrogen-bond acceptors (Lipinski definition) is 5. The van der Waals surface area contributed by atoms with Crippen molar-refractivity contribution in [3.63, 3.8) is 0 Å². The van der Waals surface area contributed by atoms with Gasteiger partial charge in [0.1, 0.15) is 11.9 Å². The average molecular weight is 287 g/mol. The third kappa shape index (κ3) is 3.39. The van der Waals surface area contributed by atoms with Gasteiger partial charge in [-0.2, -0.15) is 0 Å². The second-order valence-electron chi connectivity index (χ2n) is 5.18. The van der Waals surface area contributed by atoms with Gasteiger partial charge in [-0.1, -0.05) is 5.16 Å². The van der Waals surface area contributed by atoms with E-state index in [0.29, 0.717) is 23.0 Å². The molecule has 0 unspecified atom stereocenters. The van der Waals surface area contributed by atoms with E-state index in [-0.39, 0.29) is 12.0 Å². The predicted octanol–water partition coefficient (Wildman–Crippen LogP) is 2.95. The normalized spacial score (nSPS) is 15.1. The summed E-state index contributed by atoms with van der Waals surface area (Å²) >= 11 is 0. The predicted molar refractivity (Wildman–Crippen MR) is 76.3 cm³/mol. The highest BCUT2D eigenvalue weighted by atomic mass is 16.5. The minimum absolute atomic E-state index is 0.217. The van der Waals surface area contributed by atoms with Crippen molar-refractivity contribution in [3.05, 3.63) is 35.7 Å². The van der Waals surface area contributed by atoms with Crippen molar-refractivity contribution < 1.29 is 14.1 Å². The zero-order valence-electron chi connectivity index (χ0n) is 11.8. The highest BCUT2D eigenvalue weighted by molar-refractivity contribution is 6.03. The lowest BCUT2D eigenvalue weighted by Crippen LogP contribution is -2.15. The van der Waals surface area contributed by atoms with Crippen LogP contribution in [-0.2, 0) is 0 Å². The molecule has 0 bridgehead atoms. The number of hydrogen-bond donors (Lipinski definition) is 1. The highest BCUT2D eigenvalue weighted by Gasteiger charge is 2.18. The van der Waals surface area contributed by atoms with Crippen LogP contribution in [0.4, 0.5) is 5.82 Å². The van der Waals surface area contributed by atoms with Crippen LogP contribution >= 0.6 is 0 Å². The van der Waals surface area contributed by atoms with Crippen molar-refractivity contribution >= 4 is 11.7 Å². The number of aryl methyl sites for hydroxylation is 1. The molecule has 1 saturated carbocycles. The Bertz CT molecular complexity index is 633. The Balaban J connectivity index is 1.68. The minimum Gasteiger partial charge on any atom is -0.474 e. The molecule has 6 nitrogen and oxygen atoms in total. The molecule has 0 atom stereocenters. The number of anilines is 1. The summed E-state index contributed by atoms with van der Waals surface area (Å²) in [6, 6.07) is 4.96. The molecular weight excluding hydrogens is 270 g/mol. The maximum Gasteiger partial charge on any atom is 0.257 e. The Morgan fingerprint density at radius 2 is 2.19 bits per heavy atom. The number of pyridine rings is 1. The van der Waals surface area contributed by atoms with Crippen LogP contribution in [0.25, 0.3) is 0 Å². The molecule has 6 heteroatoms. The van der Waals surface area contributed by atoms with Crippen molar-refractivity contribution in [2.75, 3.05) is 5.32 Å². The number of aromatic nitrogens is 2. The van der Waals surface area contributed by atoms with E-state index >= 15 is 0 Å².